The highest BCUT2D eigenvalue weighted by molar-refractivity contribution is 5.90. The van der Waals surface area contributed by atoms with Crippen molar-refractivity contribution in [1.29, 1.82) is 0 Å². The second-order valence-electron chi connectivity index (χ2n) is 4.22. The number of rotatable bonds is 10. The molecule has 0 radical (unpaired) electrons. The van der Waals surface area contributed by atoms with Crippen LogP contribution in [0.15, 0.2) is 36.9 Å². The minimum atomic E-state index is -1.04. The quantitative estimate of drug-likeness (QED) is 0.509. The van der Waals surface area contributed by atoms with Crippen LogP contribution >= 0.6 is 0 Å². The number of anilines is 1. The standard InChI is InChI=1S/C15H19NO5/c1-2-9-20-10-3-4-14(17)16-12-5-7-13(8-6-12)21-11-15(18)19/h2,5-8H,1,3-4,9-11H2,(H,16,17)(H,18,19). The molecule has 1 aromatic rings. The third-order valence-electron chi connectivity index (χ3n) is 2.43. The molecule has 0 unspecified atom stereocenters. The minimum absolute atomic E-state index is 0.101. The Labute approximate surface area is 123 Å². The molecule has 0 aliphatic carbocycles. The van der Waals surface area contributed by atoms with Gasteiger partial charge < -0.3 is 19.9 Å². The number of carboxylic acid groups (broad SMARTS) is 1. The molecule has 0 spiro atoms. The van der Waals surface area contributed by atoms with E-state index < -0.39 is 12.6 Å². The molecule has 0 saturated carbocycles. The van der Waals surface area contributed by atoms with E-state index in [0.717, 1.165) is 0 Å². The number of carbonyl (C=O) groups excluding carboxylic acids is 1. The lowest BCUT2D eigenvalue weighted by atomic mass is 10.2. The van der Waals surface area contributed by atoms with Gasteiger partial charge >= 0.3 is 5.97 Å². The van der Waals surface area contributed by atoms with Crippen LogP contribution < -0.4 is 10.1 Å². The zero-order valence-corrected chi connectivity index (χ0v) is 11.7. The molecule has 0 aliphatic rings. The highest BCUT2D eigenvalue weighted by Crippen LogP contribution is 2.15. The molecule has 0 aromatic heterocycles. The molecule has 0 saturated heterocycles. The third kappa shape index (κ3) is 7.74. The maximum absolute atomic E-state index is 11.6. The summed E-state index contributed by atoms with van der Waals surface area (Å²) in [7, 11) is 0. The van der Waals surface area contributed by atoms with E-state index in [-0.39, 0.29) is 5.91 Å². The van der Waals surface area contributed by atoms with Crippen LogP contribution in [-0.4, -0.2) is 36.8 Å². The second kappa shape index (κ2) is 9.55. The van der Waals surface area contributed by atoms with E-state index in [4.69, 9.17) is 14.6 Å². The molecule has 0 fully saturated rings. The Bertz CT molecular complexity index is 469. The van der Waals surface area contributed by atoms with Crippen LogP contribution in [0.1, 0.15) is 12.8 Å². The summed E-state index contributed by atoms with van der Waals surface area (Å²) in [6, 6.07) is 6.52. The monoisotopic (exact) mass is 293 g/mol. The van der Waals surface area contributed by atoms with Crippen LogP contribution in [0.5, 0.6) is 5.75 Å². The van der Waals surface area contributed by atoms with E-state index in [1.165, 1.54) is 0 Å². The lowest BCUT2D eigenvalue weighted by Crippen LogP contribution is -2.12. The molecule has 6 nitrogen and oxygen atoms in total. The summed E-state index contributed by atoms with van der Waals surface area (Å²) >= 11 is 0. The SMILES string of the molecule is C=CCOCCCC(=O)Nc1ccc(OCC(=O)O)cc1. The number of ether oxygens (including phenoxy) is 2. The number of hydrogen-bond acceptors (Lipinski definition) is 4. The van der Waals surface area contributed by atoms with E-state index in [1.54, 1.807) is 30.3 Å². The van der Waals surface area contributed by atoms with Crippen molar-refractivity contribution in [3.8, 4) is 5.75 Å². The first-order chi connectivity index (χ1) is 10.1. The van der Waals surface area contributed by atoms with Crippen molar-refractivity contribution in [3.63, 3.8) is 0 Å². The molecular formula is C15H19NO5. The van der Waals surface area contributed by atoms with Gasteiger partial charge in [0.1, 0.15) is 5.75 Å². The molecule has 1 amide bonds. The summed E-state index contributed by atoms with van der Waals surface area (Å²) in [6.07, 6.45) is 2.67. The van der Waals surface area contributed by atoms with Crippen LogP contribution in [0.3, 0.4) is 0 Å². The average molecular weight is 293 g/mol. The average Bonchev–Trinajstić information content (AvgIpc) is 2.46. The highest BCUT2D eigenvalue weighted by Gasteiger charge is 2.03. The summed E-state index contributed by atoms with van der Waals surface area (Å²) in [6.45, 7) is 4.14. The van der Waals surface area contributed by atoms with E-state index in [2.05, 4.69) is 11.9 Å². The largest absolute Gasteiger partial charge is 0.482 e. The topological polar surface area (TPSA) is 84.9 Å². The van der Waals surface area contributed by atoms with Crippen LogP contribution in [0.25, 0.3) is 0 Å². The second-order valence-corrected chi connectivity index (χ2v) is 4.22. The maximum atomic E-state index is 11.6. The number of carbonyl (C=O) groups is 2. The summed E-state index contributed by atoms with van der Waals surface area (Å²) < 4.78 is 10.2. The summed E-state index contributed by atoms with van der Waals surface area (Å²) in [5.74, 6) is -0.698. The first-order valence-corrected chi connectivity index (χ1v) is 6.55. The van der Waals surface area contributed by atoms with Crippen molar-refractivity contribution in [2.45, 2.75) is 12.8 Å². The number of carboxylic acids is 1. The zero-order chi connectivity index (χ0) is 15.5. The molecular weight excluding hydrogens is 274 g/mol. The Kier molecular flexibility index (Phi) is 7.60. The van der Waals surface area contributed by atoms with Crippen LogP contribution in [-0.2, 0) is 14.3 Å². The number of benzene rings is 1. The van der Waals surface area contributed by atoms with Crippen molar-refractivity contribution >= 4 is 17.6 Å². The van der Waals surface area contributed by atoms with Gasteiger partial charge in [-0.05, 0) is 30.7 Å². The van der Waals surface area contributed by atoms with Gasteiger partial charge in [-0.2, -0.15) is 0 Å². The van der Waals surface area contributed by atoms with E-state index in [0.29, 0.717) is 37.5 Å². The fourth-order valence-corrected chi connectivity index (χ4v) is 1.50. The van der Waals surface area contributed by atoms with E-state index >= 15 is 0 Å². The first kappa shape index (κ1) is 16.7. The number of aliphatic carboxylic acids is 1. The fraction of sp³-hybridized carbons (Fsp3) is 0.333. The van der Waals surface area contributed by atoms with Gasteiger partial charge in [0.15, 0.2) is 6.61 Å². The van der Waals surface area contributed by atoms with Gasteiger partial charge in [0.05, 0.1) is 6.61 Å². The molecule has 0 bridgehead atoms. The molecule has 6 heteroatoms. The molecule has 0 heterocycles. The Morgan fingerprint density at radius 1 is 1.29 bits per heavy atom. The summed E-state index contributed by atoms with van der Waals surface area (Å²) in [5, 5.41) is 11.2. The van der Waals surface area contributed by atoms with Gasteiger partial charge in [0.2, 0.25) is 5.91 Å². The van der Waals surface area contributed by atoms with Gasteiger partial charge in [-0.3, -0.25) is 4.79 Å². The zero-order valence-electron chi connectivity index (χ0n) is 11.7. The minimum Gasteiger partial charge on any atom is -0.482 e. The van der Waals surface area contributed by atoms with Crippen molar-refractivity contribution in [2.75, 3.05) is 25.1 Å². The highest BCUT2D eigenvalue weighted by atomic mass is 16.5. The predicted octanol–water partition coefficient (Wildman–Crippen LogP) is 2.07. The number of hydrogen-bond donors (Lipinski definition) is 2. The van der Waals surface area contributed by atoms with Gasteiger partial charge in [-0.15, -0.1) is 6.58 Å². The van der Waals surface area contributed by atoms with Crippen LogP contribution in [0.4, 0.5) is 5.69 Å². The summed E-state index contributed by atoms with van der Waals surface area (Å²) in [4.78, 5) is 22.0. The van der Waals surface area contributed by atoms with Gasteiger partial charge in [0.25, 0.3) is 0 Å². The number of nitrogens with one attached hydrogen (secondary N) is 1. The molecule has 114 valence electrons. The van der Waals surface area contributed by atoms with Gasteiger partial charge in [-0.25, -0.2) is 4.79 Å². The first-order valence-electron chi connectivity index (χ1n) is 6.55. The Morgan fingerprint density at radius 2 is 2.00 bits per heavy atom. The molecule has 21 heavy (non-hydrogen) atoms. The molecule has 0 aliphatic heterocycles. The van der Waals surface area contributed by atoms with Crippen molar-refractivity contribution < 1.29 is 24.2 Å². The van der Waals surface area contributed by atoms with Gasteiger partial charge in [-0.1, -0.05) is 6.08 Å². The lowest BCUT2D eigenvalue weighted by Gasteiger charge is -2.07. The smallest absolute Gasteiger partial charge is 0.341 e. The Morgan fingerprint density at radius 3 is 2.62 bits per heavy atom. The van der Waals surface area contributed by atoms with E-state index in [1.807, 2.05) is 0 Å². The maximum Gasteiger partial charge on any atom is 0.341 e. The molecule has 1 rings (SSSR count). The Balaban J connectivity index is 2.29. The van der Waals surface area contributed by atoms with Crippen molar-refractivity contribution in [1.82, 2.24) is 0 Å². The number of amides is 1. The lowest BCUT2D eigenvalue weighted by molar-refractivity contribution is -0.139. The molecule has 2 N–H and O–H groups in total. The van der Waals surface area contributed by atoms with Crippen molar-refractivity contribution in [2.24, 2.45) is 0 Å². The van der Waals surface area contributed by atoms with Gasteiger partial charge in [0, 0.05) is 18.7 Å². The fourth-order valence-electron chi connectivity index (χ4n) is 1.50. The predicted molar refractivity (Wildman–Crippen MR) is 78.5 cm³/mol. The van der Waals surface area contributed by atoms with Crippen molar-refractivity contribution in [3.05, 3.63) is 36.9 Å². The normalized spacial score (nSPS) is 9.90. The molecule has 1 aromatic carbocycles. The Hall–Kier alpha value is -2.34. The van der Waals surface area contributed by atoms with E-state index in [9.17, 15) is 9.59 Å². The molecule has 0 atom stereocenters. The summed E-state index contributed by atoms with van der Waals surface area (Å²) in [5.41, 5.74) is 0.634. The van der Waals surface area contributed by atoms with Crippen LogP contribution in [0, 0.1) is 0 Å². The third-order valence-corrected chi connectivity index (χ3v) is 2.43. The van der Waals surface area contributed by atoms with Crippen LogP contribution in [0.2, 0.25) is 0 Å².